The molecule has 2 aromatic rings. The number of amides is 4. The number of anilines is 2. The standard InChI is InChI=1S/C52H75N5O8/c1-47(2,3)64-41(58)23-19-37(53)43(60)55-33-17-13-31-15-21-39-49(7,35(31)29-33)25-11-27-51(39,9)45(62)57-46(63)52(10)28-12-26-50(8)36-30-34(18-14-32(36)16-22-40(50)52)56-44(61)38(54)20-24-42(59)65-48(4,5)6/h13-14,17-18,29-30,37-40H,11-12,15-16,19-28,53-54H2,1-10H3,(H,55,60)(H,56,61)(H,57,62,63)/t37-,38-,39+,40+,49+,50+,51-,52-/m0/s1. The molecule has 13 heteroatoms. The van der Waals surface area contributed by atoms with Gasteiger partial charge in [0.15, 0.2) is 0 Å². The summed E-state index contributed by atoms with van der Waals surface area (Å²) in [6, 6.07) is 10.1. The molecule has 0 aliphatic heterocycles. The van der Waals surface area contributed by atoms with Crippen molar-refractivity contribution in [2.45, 2.75) is 193 Å². The number of imide groups is 1. The lowest BCUT2D eigenvalue weighted by Crippen LogP contribution is -2.60. The Morgan fingerprint density at radius 3 is 1.34 bits per heavy atom. The van der Waals surface area contributed by atoms with Crippen LogP contribution in [0.3, 0.4) is 0 Å². The van der Waals surface area contributed by atoms with Gasteiger partial charge in [0.25, 0.3) is 0 Å². The van der Waals surface area contributed by atoms with Gasteiger partial charge < -0.3 is 31.6 Å². The van der Waals surface area contributed by atoms with Crippen LogP contribution in [0.25, 0.3) is 0 Å². The summed E-state index contributed by atoms with van der Waals surface area (Å²) in [5.74, 6) is -2.10. The predicted octanol–water partition coefficient (Wildman–Crippen LogP) is 7.83. The minimum atomic E-state index is -0.896. The van der Waals surface area contributed by atoms with Crippen LogP contribution in [0.4, 0.5) is 11.4 Å². The molecule has 356 valence electrons. The van der Waals surface area contributed by atoms with Crippen molar-refractivity contribution in [1.29, 1.82) is 0 Å². The SMILES string of the molecule is CC(C)(C)OC(=O)CC[C@H](N)C(=O)Nc1ccc2c(c1)[C@@]1(C)CCC[C@](C)(C(=O)NC(=O)[C@@]3(C)CCC[C@]4(C)c5cc(NC(=O)[C@@H](N)CCC(=O)OC(C)(C)C)ccc5CC[C@@H]34)[C@@H]1CC2. The van der Waals surface area contributed by atoms with E-state index < -0.39 is 46.1 Å². The van der Waals surface area contributed by atoms with E-state index in [9.17, 15) is 28.8 Å². The predicted molar refractivity (Wildman–Crippen MR) is 252 cm³/mol. The van der Waals surface area contributed by atoms with Crippen LogP contribution >= 0.6 is 0 Å². The second kappa shape index (κ2) is 18.6. The number of nitrogens with one attached hydrogen (secondary N) is 3. The molecule has 0 bridgehead atoms. The van der Waals surface area contributed by atoms with Gasteiger partial charge in [-0.2, -0.15) is 0 Å². The fourth-order valence-electron chi connectivity index (χ4n) is 12.1. The van der Waals surface area contributed by atoms with Gasteiger partial charge in [-0.3, -0.25) is 34.1 Å². The molecule has 13 nitrogen and oxygen atoms in total. The molecule has 0 aromatic heterocycles. The highest BCUT2D eigenvalue weighted by molar-refractivity contribution is 6.01. The van der Waals surface area contributed by atoms with E-state index in [0.717, 1.165) is 62.5 Å². The van der Waals surface area contributed by atoms with Gasteiger partial charge >= 0.3 is 11.9 Å². The molecule has 0 radical (unpaired) electrons. The monoisotopic (exact) mass is 898 g/mol. The van der Waals surface area contributed by atoms with Crippen LogP contribution in [0, 0.1) is 22.7 Å². The Balaban J connectivity index is 1.13. The van der Waals surface area contributed by atoms with Gasteiger partial charge in [-0.05, 0) is 175 Å². The Labute approximate surface area is 386 Å². The van der Waals surface area contributed by atoms with E-state index >= 15 is 0 Å². The molecule has 6 rings (SSSR count). The molecule has 0 unspecified atom stereocenters. The molecule has 2 saturated carbocycles. The number of carbonyl (C=O) groups excluding carboxylic acids is 6. The highest BCUT2D eigenvalue weighted by Gasteiger charge is 2.58. The molecule has 4 aliphatic carbocycles. The number of carbonyl (C=O) groups is 6. The Hall–Kier alpha value is -4.62. The third-order valence-corrected chi connectivity index (χ3v) is 15.3. The molecule has 2 aromatic carbocycles. The number of rotatable bonds is 12. The van der Waals surface area contributed by atoms with Gasteiger partial charge in [0.1, 0.15) is 11.2 Å². The quantitative estimate of drug-likeness (QED) is 0.103. The minimum absolute atomic E-state index is 0.0333. The van der Waals surface area contributed by atoms with Crippen molar-refractivity contribution in [3.8, 4) is 0 Å². The van der Waals surface area contributed by atoms with E-state index in [2.05, 4.69) is 41.9 Å². The van der Waals surface area contributed by atoms with Crippen molar-refractivity contribution in [3.63, 3.8) is 0 Å². The van der Waals surface area contributed by atoms with Crippen LogP contribution in [0.15, 0.2) is 36.4 Å². The fourth-order valence-corrected chi connectivity index (χ4v) is 12.1. The van der Waals surface area contributed by atoms with Crippen LogP contribution in [0.1, 0.15) is 169 Å². The normalized spacial score (nSPS) is 28.1. The largest absolute Gasteiger partial charge is 0.460 e. The molecule has 0 spiro atoms. The van der Waals surface area contributed by atoms with Gasteiger partial charge in [0.2, 0.25) is 23.6 Å². The number of fused-ring (bicyclic) bond motifs is 6. The van der Waals surface area contributed by atoms with Crippen LogP contribution in [0.2, 0.25) is 0 Å². The average Bonchev–Trinajstić information content (AvgIpc) is 3.20. The Morgan fingerprint density at radius 1 is 0.615 bits per heavy atom. The van der Waals surface area contributed by atoms with Crippen LogP contribution in [-0.2, 0) is 61.9 Å². The number of nitrogens with two attached hydrogens (primary N) is 2. The first kappa shape index (κ1) is 49.8. The van der Waals surface area contributed by atoms with Gasteiger partial charge in [0, 0.05) is 24.2 Å². The van der Waals surface area contributed by atoms with Crippen molar-refractivity contribution >= 4 is 46.9 Å². The van der Waals surface area contributed by atoms with Gasteiger partial charge in [0.05, 0.1) is 22.9 Å². The highest BCUT2D eigenvalue weighted by atomic mass is 16.6. The summed E-state index contributed by atoms with van der Waals surface area (Å²) in [6.45, 7) is 19.3. The Kier molecular flexibility index (Phi) is 14.2. The second-order valence-corrected chi connectivity index (χ2v) is 22.5. The van der Waals surface area contributed by atoms with E-state index in [-0.39, 0.29) is 72.0 Å². The van der Waals surface area contributed by atoms with Gasteiger partial charge in [-0.1, -0.05) is 52.7 Å². The smallest absolute Gasteiger partial charge is 0.306 e. The van der Waals surface area contributed by atoms with E-state index in [1.54, 1.807) is 41.5 Å². The first-order chi connectivity index (χ1) is 30.2. The zero-order chi connectivity index (χ0) is 47.9. The lowest BCUT2D eigenvalue weighted by Gasteiger charge is -2.56. The van der Waals surface area contributed by atoms with Crippen LogP contribution < -0.4 is 27.4 Å². The van der Waals surface area contributed by atoms with E-state index in [1.807, 2.05) is 38.1 Å². The topological polar surface area (TPSA) is 209 Å². The summed E-state index contributed by atoms with van der Waals surface area (Å²) in [5.41, 5.74) is 14.6. The first-order valence-corrected chi connectivity index (χ1v) is 23.9. The number of benzene rings is 2. The maximum Gasteiger partial charge on any atom is 0.306 e. The van der Waals surface area contributed by atoms with E-state index in [0.29, 0.717) is 24.2 Å². The van der Waals surface area contributed by atoms with Gasteiger partial charge in [-0.15, -0.1) is 0 Å². The zero-order valence-electron chi connectivity index (χ0n) is 40.6. The van der Waals surface area contributed by atoms with Crippen molar-refractivity contribution < 1.29 is 38.2 Å². The molecule has 2 fully saturated rings. The molecule has 0 heterocycles. The number of hydrogen-bond acceptors (Lipinski definition) is 10. The molecule has 0 saturated heterocycles. The lowest BCUT2D eigenvalue weighted by molar-refractivity contribution is -0.156. The van der Waals surface area contributed by atoms with E-state index in [4.69, 9.17) is 20.9 Å². The minimum Gasteiger partial charge on any atom is -0.460 e. The number of ether oxygens (including phenoxy) is 2. The van der Waals surface area contributed by atoms with Crippen molar-refractivity contribution in [2.24, 2.45) is 34.1 Å². The number of hydrogen-bond donors (Lipinski definition) is 5. The molecule has 8 atom stereocenters. The molecule has 65 heavy (non-hydrogen) atoms. The maximum absolute atomic E-state index is 14.8. The summed E-state index contributed by atoms with van der Waals surface area (Å²) in [7, 11) is 0. The summed E-state index contributed by atoms with van der Waals surface area (Å²) >= 11 is 0. The fraction of sp³-hybridized carbons (Fsp3) is 0.654. The molecular weight excluding hydrogens is 823 g/mol. The summed E-state index contributed by atoms with van der Waals surface area (Å²) in [6.07, 6.45) is 8.18. The number of esters is 2. The third kappa shape index (κ3) is 10.7. The molecule has 7 N–H and O–H groups in total. The molecular formula is C52H75N5O8. The highest BCUT2D eigenvalue weighted by Crippen LogP contribution is 2.60. The second-order valence-electron chi connectivity index (χ2n) is 22.5. The van der Waals surface area contributed by atoms with Crippen molar-refractivity contribution in [1.82, 2.24) is 5.32 Å². The third-order valence-electron chi connectivity index (χ3n) is 15.3. The first-order valence-electron chi connectivity index (χ1n) is 23.9. The Bertz CT molecular complexity index is 2040. The summed E-state index contributed by atoms with van der Waals surface area (Å²) < 4.78 is 10.8. The molecule has 4 amide bonds. The lowest BCUT2D eigenvalue weighted by atomic mass is 9.49. The Morgan fingerprint density at radius 2 is 0.985 bits per heavy atom. The van der Waals surface area contributed by atoms with Crippen LogP contribution in [-0.4, -0.2) is 58.9 Å². The summed E-state index contributed by atoms with van der Waals surface area (Å²) in [5, 5.41) is 8.97. The molecule has 4 aliphatic rings. The van der Waals surface area contributed by atoms with Crippen molar-refractivity contribution in [2.75, 3.05) is 10.6 Å². The van der Waals surface area contributed by atoms with E-state index in [1.165, 1.54) is 11.1 Å². The average molecular weight is 898 g/mol. The van der Waals surface area contributed by atoms with Crippen LogP contribution in [0.5, 0.6) is 0 Å². The van der Waals surface area contributed by atoms with Gasteiger partial charge in [-0.25, -0.2) is 0 Å². The van der Waals surface area contributed by atoms with Crippen molar-refractivity contribution in [3.05, 3.63) is 58.7 Å². The maximum atomic E-state index is 14.8. The zero-order valence-corrected chi connectivity index (χ0v) is 40.6. The summed E-state index contributed by atoms with van der Waals surface area (Å²) in [4.78, 5) is 80.5. The number of aryl methyl sites for hydroxylation is 2.